The zero-order valence-electron chi connectivity index (χ0n) is 11.3. The van der Waals surface area contributed by atoms with E-state index < -0.39 is 28.0 Å². The number of halogens is 1. The van der Waals surface area contributed by atoms with Crippen molar-refractivity contribution in [1.29, 1.82) is 0 Å². The first-order valence-corrected chi connectivity index (χ1v) is 7.65. The van der Waals surface area contributed by atoms with Crippen molar-refractivity contribution in [3.8, 4) is 0 Å². The van der Waals surface area contributed by atoms with Gasteiger partial charge in [-0.1, -0.05) is 11.6 Å². The Kier molecular flexibility index (Phi) is 5.70. The van der Waals surface area contributed by atoms with E-state index in [0.717, 1.165) is 13.2 Å². The highest BCUT2D eigenvalue weighted by Gasteiger charge is 2.23. The summed E-state index contributed by atoms with van der Waals surface area (Å²) in [7, 11) is -2.89. The summed E-state index contributed by atoms with van der Waals surface area (Å²) in [6.07, 6.45) is -0.381. The molecule has 1 aromatic rings. The third kappa shape index (κ3) is 4.69. The number of carboxylic acids is 1. The lowest BCUT2D eigenvalue weighted by Gasteiger charge is -2.13. The molecule has 0 heterocycles. The molecular formula is C12H14ClNO6S. The summed E-state index contributed by atoms with van der Waals surface area (Å²) in [6.45, 7) is 1.41. The van der Waals surface area contributed by atoms with Crippen LogP contribution in [-0.2, 0) is 19.6 Å². The summed E-state index contributed by atoms with van der Waals surface area (Å²) in [5.41, 5.74) is 0.0214. The van der Waals surface area contributed by atoms with E-state index in [9.17, 15) is 18.0 Å². The predicted molar refractivity (Wildman–Crippen MR) is 74.8 cm³/mol. The molecule has 0 aliphatic heterocycles. The first kappa shape index (κ1) is 17.4. The van der Waals surface area contributed by atoms with Crippen LogP contribution in [0.3, 0.4) is 0 Å². The summed E-state index contributed by atoms with van der Waals surface area (Å²) < 4.78 is 31.0. The van der Waals surface area contributed by atoms with Gasteiger partial charge in [-0.05, 0) is 25.1 Å². The fraction of sp³-hybridized carbons (Fsp3) is 0.333. The van der Waals surface area contributed by atoms with Gasteiger partial charge < -0.3 is 9.84 Å². The first-order chi connectivity index (χ1) is 9.67. The van der Waals surface area contributed by atoms with E-state index in [1.165, 1.54) is 19.1 Å². The molecule has 0 amide bonds. The Morgan fingerprint density at radius 1 is 1.43 bits per heavy atom. The Balaban J connectivity index is 3.13. The second kappa shape index (κ2) is 6.88. The van der Waals surface area contributed by atoms with Gasteiger partial charge >= 0.3 is 11.9 Å². The second-order valence-corrected chi connectivity index (χ2v) is 6.35. The fourth-order valence-electron chi connectivity index (χ4n) is 1.59. The molecule has 7 nitrogen and oxygen atoms in total. The number of ether oxygens (including phenoxy) is 1. The summed E-state index contributed by atoms with van der Waals surface area (Å²) in [5, 5.41) is 8.55. The van der Waals surface area contributed by atoms with Gasteiger partial charge in [0.25, 0.3) is 0 Å². The van der Waals surface area contributed by atoms with Crippen molar-refractivity contribution in [2.75, 3.05) is 7.11 Å². The number of rotatable bonds is 6. The van der Waals surface area contributed by atoms with Crippen molar-refractivity contribution in [3.63, 3.8) is 0 Å². The molecule has 0 spiro atoms. The van der Waals surface area contributed by atoms with Crippen LogP contribution in [0.1, 0.15) is 23.7 Å². The van der Waals surface area contributed by atoms with Crippen LogP contribution in [0.2, 0.25) is 5.02 Å². The molecule has 0 radical (unpaired) electrons. The fourth-order valence-corrected chi connectivity index (χ4v) is 3.36. The van der Waals surface area contributed by atoms with Gasteiger partial charge in [-0.25, -0.2) is 17.9 Å². The molecule has 2 N–H and O–H groups in total. The molecular weight excluding hydrogens is 322 g/mol. The zero-order valence-corrected chi connectivity index (χ0v) is 12.9. The monoisotopic (exact) mass is 335 g/mol. The number of methoxy groups -OCH3 is 1. The predicted octanol–water partition coefficient (Wildman–Crippen LogP) is 1.27. The largest absolute Gasteiger partial charge is 0.481 e. The van der Waals surface area contributed by atoms with Gasteiger partial charge in [0.1, 0.15) is 4.90 Å². The molecule has 0 aromatic heterocycles. The van der Waals surface area contributed by atoms with E-state index in [1.807, 2.05) is 0 Å². The number of nitrogens with one attached hydrogen (secondary N) is 1. The summed E-state index contributed by atoms with van der Waals surface area (Å²) >= 11 is 5.83. The Bertz CT molecular complexity index is 658. The van der Waals surface area contributed by atoms with Crippen molar-refractivity contribution >= 4 is 33.6 Å². The highest BCUT2D eigenvalue weighted by molar-refractivity contribution is 7.89. The van der Waals surface area contributed by atoms with Crippen LogP contribution < -0.4 is 4.72 Å². The van der Waals surface area contributed by atoms with Crippen molar-refractivity contribution in [1.82, 2.24) is 4.72 Å². The van der Waals surface area contributed by atoms with E-state index in [2.05, 4.69) is 9.46 Å². The number of hydrogen-bond donors (Lipinski definition) is 2. The zero-order chi connectivity index (χ0) is 16.2. The van der Waals surface area contributed by atoms with E-state index >= 15 is 0 Å². The van der Waals surface area contributed by atoms with Crippen molar-refractivity contribution in [3.05, 3.63) is 28.8 Å². The van der Waals surface area contributed by atoms with Gasteiger partial charge in [0.2, 0.25) is 10.0 Å². The van der Waals surface area contributed by atoms with Crippen LogP contribution in [0.25, 0.3) is 0 Å². The van der Waals surface area contributed by atoms with Crippen molar-refractivity contribution < 1.29 is 27.9 Å². The molecule has 1 unspecified atom stereocenters. The number of sulfonamides is 1. The van der Waals surface area contributed by atoms with Gasteiger partial charge in [-0.2, -0.15) is 0 Å². The number of carboxylic acid groups (broad SMARTS) is 1. The van der Waals surface area contributed by atoms with Crippen LogP contribution in [0.4, 0.5) is 0 Å². The molecule has 0 aliphatic rings. The maximum Gasteiger partial charge on any atom is 0.337 e. The van der Waals surface area contributed by atoms with Crippen LogP contribution >= 0.6 is 11.6 Å². The lowest BCUT2D eigenvalue weighted by Crippen LogP contribution is -2.34. The maximum absolute atomic E-state index is 12.2. The molecule has 1 rings (SSSR count). The summed E-state index contributed by atoms with van der Waals surface area (Å²) in [5.74, 6) is -1.85. The lowest BCUT2D eigenvalue weighted by molar-refractivity contribution is -0.137. The number of carbonyl (C=O) groups is 2. The number of esters is 1. The van der Waals surface area contributed by atoms with Gasteiger partial charge in [0.05, 0.1) is 24.1 Å². The molecule has 1 aromatic carbocycles. The summed E-state index contributed by atoms with van der Waals surface area (Å²) in [4.78, 5) is 21.7. The lowest BCUT2D eigenvalue weighted by atomic mass is 10.2. The third-order valence-corrected chi connectivity index (χ3v) is 4.55. The minimum absolute atomic E-state index is 0.0214. The first-order valence-electron chi connectivity index (χ1n) is 5.79. The maximum atomic E-state index is 12.2. The molecule has 9 heteroatoms. The standard InChI is InChI=1S/C12H14ClNO6S/c1-7(5-11(15)16)14-21(18,19)10-6-8(12(17)20-2)3-4-9(10)13/h3-4,6-7,14H,5H2,1-2H3,(H,15,16). The van der Waals surface area contributed by atoms with Gasteiger partial charge in [0, 0.05) is 6.04 Å². The molecule has 1 atom stereocenters. The smallest absolute Gasteiger partial charge is 0.337 e. The van der Waals surface area contributed by atoms with Crippen LogP contribution in [0.15, 0.2) is 23.1 Å². The highest BCUT2D eigenvalue weighted by Crippen LogP contribution is 2.23. The van der Waals surface area contributed by atoms with E-state index in [4.69, 9.17) is 16.7 Å². The van der Waals surface area contributed by atoms with E-state index in [1.54, 1.807) is 0 Å². The van der Waals surface area contributed by atoms with Crippen LogP contribution in [-0.4, -0.2) is 38.6 Å². The quantitative estimate of drug-likeness (QED) is 0.757. The SMILES string of the molecule is COC(=O)c1ccc(Cl)c(S(=O)(=O)NC(C)CC(=O)O)c1. The van der Waals surface area contributed by atoms with E-state index in [-0.39, 0.29) is 21.9 Å². The molecule has 0 bridgehead atoms. The van der Waals surface area contributed by atoms with Crippen LogP contribution in [0.5, 0.6) is 0 Å². The molecule has 0 saturated carbocycles. The molecule has 21 heavy (non-hydrogen) atoms. The third-order valence-electron chi connectivity index (χ3n) is 2.48. The molecule has 0 fully saturated rings. The average molecular weight is 336 g/mol. The second-order valence-electron chi connectivity index (χ2n) is 4.26. The normalized spacial score (nSPS) is 12.7. The minimum Gasteiger partial charge on any atom is -0.481 e. The summed E-state index contributed by atoms with van der Waals surface area (Å²) in [6, 6.07) is 2.83. The number of hydrogen-bond acceptors (Lipinski definition) is 5. The molecule has 0 aliphatic carbocycles. The van der Waals surface area contributed by atoms with Crippen molar-refractivity contribution in [2.24, 2.45) is 0 Å². The van der Waals surface area contributed by atoms with Gasteiger partial charge in [-0.3, -0.25) is 4.79 Å². The van der Waals surface area contributed by atoms with Gasteiger partial charge in [0.15, 0.2) is 0 Å². The minimum atomic E-state index is -4.05. The Hall–Kier alpha value is -1.64. The number of carbonyl (C=O) groups excluding carboxylic acids is 1. The Morgan fingerprint density at radius 3 is 2.57 bits per heavy atom. The Labute approximate surface area is 126 Å². The number of aliphatic carboxylic acids is 1. The topological polar surface area (TPSA) is 110 Å². The average Bonchev–Trinajstić information content (AvgIpc) is 2.36. The van der Waals surface area contributed by atoms with Gasteiger partial charge in [-0.15, -0.1) is 0 Å². The molecule has 0 saturated heterocycles. The Morgan fingerprint density at radius 2 is 2.05 bits per heavy atom. The highest BCUT2D eigenvalue weighted by atomic mass is 35.5. The van der Waals surface area contributed by atoms with E-state index in [0.29, 0.717) is 0 Å². The molecule has 116 valence electrons. The van der Waals surface area contributed by atoms with Crippen molar-refractivity contribution in [2.45, 2.75) is 24.3 Å². The number of benzene rings is 1. The van der Waals surface area contributed by atoms with Crippen LogP contribution in [0, 0.1) is 0 Å².